The summed E-state index contributed by atoms with van der Waals surface area (Å²) in [6.07, 6.45) is 0. The molecule has 0 aromatic carbocycles. The smallest absolute Gasteiger partial charge is 0.246 e. The van der Waals surface area contributed by atoms with E-state index in [0.717, 1.165) is 38.5 Å². The Morgan fingerprint density at radius 2 is 2.22 bits per heavy atom. The average Bonchev–Trinajstić information content (AvgIpc) is 2.90. The van der Waals surface area contributed by atoms with Gasteiger partial charge in [0.2, 0.25) is 5.89 Å². The third kappa shape index (κ3) is 2.14. The van der Waals surface area contributed by atoms with Crippen molar-refractivity contribution in [2.75, 3.05) is 46.4 Å². The number of piperazine rings is 3. The molecule has 100 valence electrons. The molecule has 3 aliphatic rings. The van der Waals surface area contributed by atoms with Gasteiger partial charge in [0.15, 0.2) is 5.82 Å². The first-order chi connectivity index (χ1) is 8.78. The van der Waals surface area contributed by atoms with Gasteiger partial charge < -0.3 is 15.0 Å². The van der Waals surface area contributed by atoms with E-state index < -0.39 is 0 Å². The number of hydrogen-bond acceptors (Lipinski definition) is 7. The maximum atomic E-state index is 5.88. The molecular formula is C11H19N5O2. The van der Waals surface area contributed by atoms with Crippen molar-refractivity contribution in [2.24, 2.45) is 5.73 Å². The summed E-state index contributed by atoms with van der Waals surface area (Å²) in [7, 11) is 1.61. The molecule has 3 fully saturated rings. The molecule has 2 bridgehead atoms. The van der Waals surface area contributed by atoms with Crippen LogP contribution in [-0.2, 0) is 4.74 Å². The number of fused-ring (bicyclic) bond motifs is 3. The van der Waals surface area contributed by atoms with Gasteiger partial charge in [0.25, 0.3) is 0 Å². The van der Waals surface area contributed by atoms with Crippen molar-refractivity contribution in [2.45, 2.75) is 12.1 Å². The fraction of sp³-hybridized carbons (Fsp3) is 0.818. The topological polar surface area (TPSA) is 80.7 Å². The molecule has 0 saturated carbocycles. The maximum absolute atomic E-state index is 5.88. The van der Waals surface area contributed by atoms with Gasteiger partial charge >= 0.3 is 0 Å². The number of methoxy groups -OCH3 is 1. The fourth-order valence-corrected chi connectivity index (χ4v) is 2.65. The zero-order valence-corrected chi connectivity index (χ0v) is 10.6. The minimum atomic E-state index is -0.340. The molecule has 0 radical (unpaired) electrons. The van der Waals surface area contributed by atoms with Crippen molar-refractivity contribution >= 4 is 0 Å². The Morgan fingerprint density at radius 3 is 2.83 bits per heavy atom. The van der Waals surface area contributed by atoms with Gasteiger partial charge in [-0.2, -0.15) is 4.98 Å². The Morgan fingerprint density at radius 1 is 1.44 bits per heavy atom. The van der Waals surface area contributed by atoms with Crippen LogP contribution < -0.4 is 5.73 Å². The summed E-state index contributed by atoms with van der Waals surface area (Å²) in [4.78, 5) is 9.27. The lowest BCUT2D eigenvalue weighted by molar-refractivity contribution is 0.00781. The summed E-state index contributed by atoms with van der Waals surface area (Å²) in [5.74, 6) is 1.21. The van der Waals surface area contributed by atoms with E-state index in [4.69, 9.17) is 15.0 Å². The summed E-state index contributed by atoms with van der Waals surface area (Å²) in [6, 6.07) is -0.0907. The highest BCUT2D eigenvalue weighted by molar-refractivity contribution is 5.02. The summed E-state index contributed by atoms with van der Waals surface area (Å²) >= 11 is 0. The molecule has 4 rings (SSSR count). The highest BCUT2D eigenvalue weighted by atomic mass is 16.5. The first-order valence-corrected chi connectivity index (χ1v) is 6.32. The quantitative estimate of drug-likeness (QED) is 0.766. The van der Waals surface area contributed by atoms with Gasteiger partial charge in [0.1, 0.15) is 6.04 Å². The lowest BCUT2D eigenvalue weighted by atomic mass is 10.1. The third-order valence-electron chi connectivity index (χ3n) is 3.70. The zero-order chi connectivity index (χ0) is 12.5. The van der Waals surface area contributed by atoms with E-state index in [0.29, 0.717) is 12.5 Å². The minimum Gasteiger partial charge on any atom is -0.383 e. The molecule has 0 aliphatic carbocycles. The molecule has 2 N–H and O–H groups in total. The predicted molar refractivity (Wildman–Crippen MR) is 63.9 cm³/mol. The Balaban J connectivity index is 1.73. The first-order valence-electron chi connectivity index (χ1n) is 6.32. The molecule has 0 spiro atoms. The SMILES string of the molecule is COCC(N)c1nc(C2CN3CCN2CC3)no1. The van der Waals surface area contributed by atoms with E-state index in [1.165, 1.54) is 0 Å². The van der Waals surface area contributed by atoms with E-state index in [1.807, 2.05) is 0 Å². The van der Waals surface area contributed by atoms with Crippen LogP contribution in [0, 0.1) is 0 Å². The van der Waals surface area contributed by atoms with Gasteiger partial charge in [0, 0.05) is 39.8 Å². The molecule has 1 aromatic rings. The van der Waals surface area contributed by atoms with Gasteiger partial charge in [-0.15, -0.1) is 0 Å². The third-order valence-corrected chi connectivity index (χ3v) is 3.70. The van der Waals surface area contributed by atoms with Crippen LogP contribution in [0.15, 0.2) is 4.52 Å². The molecule has 3 saturated heterocycles. The van der Waals surface area contributed by atoms with Crippen molar-refractivity contribution in [1.29, 1.82) is 0 Å². The molecule has 2 unspecified atom stereocenters. The molecule has 7 heteroatoms. The van der Waals surface area contributed by atoms with Crippen molar-refractivity contribution < 1.29 is 9.26 Å². The van der Waals surface area contributed by atoms with Crippen LogP contribution in [-0.4, -0.2) is 66.4 Å². The fourth-order valence-electron chi connectivity index (χ4n) is 2.65. The summed E-state index contributed by atoms with van der Waals surface area (Å²) < 4.78 is 10.2. The Labute approximate surface area is 106 Å². The number of nitrogens with zero attached hydrogens (tertiary/aromatic N) is 4. The molecule has 2 atom stereocenters. The van der Waals surface area contributed by atoms with Crippen LogP contribution in [0.2, 0.25) is 0 Å². The second-order valence-electron chi connectivity index (χ2n) is 4.91. The highest BCUT2D eigenvalue weighted by Crippen LogP contribution is 2.27. The molecule has 7 nitrogen and oxygen atoms in total. The second-order valence-corrected chi connectivity index (χ2v) is 4.91. The van der Waals surface area contributed by atoms with Crippen molar-refractivity contribution in [3.8, 4) is 0 Å². The minimum absolute atomic E-state index is 0.250. The Bertz CT molecular complexity index is 402. The number of nitrogens with two attached hydrogens (primary N) is 1. The summed E-state index contributed by atoms with van der Waals surface area (Å²) in [5.41, 5.74) is 5.88. The number of aromatic nitrogens is 2. The molecule has 3 aliphatic heterocycles. The molecule has 18 heavy (non-hydrogen) atoms. The van der Waals surface area contributed by atoms with Gasteiger partial charge in [-0.05, 0) is 0 Å². The standard InChI is InChI=1S/C11H19N5O2/c1-17-7-8(12)11-13-10(14-18-11)9-6-15-2-4-16(9)5-3-15/h8-9H,2-7,12H2,1H3. The van der Waals surface area contributed by atoms with E-state index in [9.17, 15) is 0 Å². The van der Waals surface area contributed by atoms with E-state index in [2.05, 4.69) is 19.9 Å². The van der Waals surface area contributed by atoms with Crippen LogP contribution in [0.3, 0.4) is 0 Å². The van der Waals surface area contributed by atoms with Crippen LogP contribution in [0.1, 0.15) is 23.8 Å². The maximum Gasteiger partial charge on any atom is 0.246 e. The lowest BCUT2D eigenvalue weighted by Gasteiger charge is -2.46. The van der Waals surface area contributed by atoms with Crippen molar-refractivity contribution in [3.05, 3.63) is 11.7 Å². The average molecular weight is 253 g/mol. The van der Waals surface area contributed by atoms with Gasteiger partial charge in [-0.25, -0.2) is 0 Å². The first kappa shape index (κ1) is 12.0. The molecule has 4 heterocycles. The summed E-state index contributed by atoms with van der Waals surface area (Å²) in [6.45, 7) is 5.83. The molecular weight excluding hydrogens is 234 g/mol. The van der Waals surface area contributed by atoms with Crippen molar-refractivity contribution in [3.63, 3.8) is 0 Å². The van der Waals surface area contributed by atoms with Crippen LogP contribution >= 0.6 is 0 Å². The van der Waals surface area contributed by atoms with E-state index in [-0.39, 0.29) is 12.1 Å². The van der Waals surface area contributed by atoms with Crippen molar-refractivity contribution in [1.82, 2.24) is 19.9 Å². The number of ether oxygens (including phenoxy) is 1. The largest absolute Gasteiger partial charge is 0.383 e. The summed E-state index contributed by atoms with van der Waals surface area (Å²) in [5, 5.41) is 4.07. The van der Waals surface area contributed by atoms with Crippen LogP contribution in [0.5, 0.6) is 0 Å². The van der Waals surface area contributed by atoms with Gasteiger partial charge in [-0.3, -0.25) is 9.80 Å². The predicted octanol–water partition coefficient (Wildman–Crippen LogP) is -0.612. The van der Waals surface area contributed by atoms with Crippen LogP contribution in [0.25, 0.3) is 0 Å². The number of rotatable bonds is 4. The van der Waals surface area contributed by atoms with Gasteiger partial charge in [-0.1, -0.05) is 5.16 Å². The number of hydrogen-bond donors (Lipinski definition) is 1. The monoisotopic (exact) mass is 253 g/mol. The molecule has 0 amide bonds. The zero-order valence-electron chi connectivity index (χ0n) is 10.6. The van der Waals surface area contributed by atoms with Crippen LogP contribution in [0.4, 0.5) is 0 Å². The highest BCUT2D eigenvalue weighted by Gasteiger charge is 2.35. The lowest BCUT2D eigenvalue weighted by Crippen LogP contribution is -2.57. The van der Waals surface area contributed by atoms with E-state index in [1.54, 1.807) is 7.11 Å². The molecule has 1 aromatic heterocycles. The Hall–Kier alpha value is -1.02. The second kappa shape index (κ2) is 4.93. The van der Waals surface area contributed by atoms with Gasteiger partial charge in [0.05, 0.1) is 12.6 Å². The Kier molecular flexibility index (Phi) is 3.29. The normalized spacial score (nSPS) is 32.7. The van der Waals surface area contributed by atoms with E-state index >= 15 is 0 Å².